The number of fused-ring (bicyclic) bond motifs is 1. The zero-order valence-electron chi connectivity index (χ0n) is 8.27. The van der Waals surface area contributed by atoms with Crippen molar-refractivity contribution in [2.75, 3.05) is 6.54 Å². The molecular weight excluding hydrogens is 218 g/mol. The van der Waals surface area contributed by atoms with E-state index in [1.807, 2.05) is 6.20 Å². The van der Waals surface area contributed by atoms with E-state index in [2.05, 4.69) is 14.9 Å². The van der Waals surface area contributed by atoms with E-state index in [9.17, 15) is 4.79 Å². The van der Waals surface area contributed by atoms with Crippen LogP contribution in [-0.2, 0) is 24.3 Å². The van der Waals surface area contributed by atoms with Gasteiger partial charge in [0.25, 0.3) is 0 Å². The lowest BCUT2D eigenvalue weighted by atomic mass is 10.3. The van der Waals surface area contributed by atoms with Crippen LogP contribution in [-0.4, -0.2) is 27.2 Å². The molecule has 2 rings (SSSR count). The quantitative estimate of drug-likeness (QED) is 0.792. The van der Waals surface area contributed by atoms with Crippen LogP contribution < -0.4 is 5.32 Å². The molecule has 0 saturated heterocycles. The van der Waals surface area contributed by atoms with E-state index >= 15 is 0 Å². The number of nitrogens with one attached hydrogen (secondary N) is 1. The van der Waals surface area contributed by atoms with Gasteiger partial charge in [0.15, 0.2) is 0 Å². The van der Waals surface area contributed by atoms with Crippen LogP contribution in [0.15, 0.2) is 6.20 Å². The molecule has 2 heterocycles. The molecule has 84 valence electrons. The molecule has 0 atom stereocenters. The highest BCUT2D eigenvalue weighted by molar-refractivity contribution is 5.85. The van der Waals surface area contributed by atoms with Crippen molar-refractivity contribution in [3.63, 3.8) is 0 Å². The van der Waals surface area contributed by atoms with Gasteiger partial charge in [0.2, 0.25) is 0 Å². The van der Waals surface area contributed by atoms with Gasteiger partial charge >= 0.3 is 5.97 Å². The SMILES string of the molecule is Cl.O=C(O)CCc1ncc2n1CCNC2. The normalized spacial score (nSPS) is 14.1. The van der Waals surface area contributed by atoms with E-state index in [0.29, 0.717) is 6.42 Å². The first-order chi connectivity index (χ1) is 6.77. The molecule has 1 aliphatic heterocycles. The van der Waals surface area contributed by atoms with Crippen LogP contribution in [0.2, 0.25) is 0 Å². The lowest BCUT2D eigenvalue weighted by Crippen LogP contribution is -2.28. The predicted molar refractivity (Wildman–Crippen MR) is 57.1 cm³/mol. The summed E-state index contributed by atoms with van der Waals surface area (Å²) >= 11 is 0. The number of rotatable bonds is 3. The fourth-order valence-electron chi connectivity index (χ4n) is 1.69. The Morgan fingerprint density at radius 3 is 3.20 bits per heavy atom. The van der Waals surface area contributed by atoms with E-state index in [1.54, 1.807) is 0 Å². The third kappa shape index (κ3) is 2.70. The molecular formula is C9H14ClN3O2. The van der Waals surface area contributed by atoms with Crippen LogP contribution in [0.25, 0.3) is 0 Å². The van der Waals surface area contributed by atoms with Crippen molar-refractivity contribution in [1.82, 2.24) is 14.9 Å². The summed E-state index contributed by atoms with van der Waals surface area (Å²) in [5.74, 6) is 0.125. The Bertz CT molecular complexity index is 351. The van der Waals surface area contributed by atoms with E-state index in [4.69, 9.17) is 5.11 Å². The standard InChI is InChI=1S/C9H13N3O2.ClH/c13-9(14)2-1-8-11-6-7-5-10-3-4-12(7)8;/h6,10H,1-5H2,(H,13,14);1H. The van der Waals surface area contributed by atoms with Crippen LogP contribution in [0.1, 0.15) is 17.9 Å². The molecule has 2 N–H and O–H groups in total. The Hall–Kier alpha value is -1.07. The summed E-state index contributed by atoms with van der Waals surface area (Å²) in [4.78, 5) is 14.6. The lowest BCUT2D eigenvalue weighted by molar-refractivity contribution is -0.137. The van der Waals surface area contributed by atoms with Crippen LogP contribution in [0.3, 0.4) is 0 Å². The zero-order chi connectivity index (χ0) is 9.97. The minimum absolute atomic E-state index is 0. The molecule has 0 unspecified atom stereocenters. The highest BCUT2D eigenvalue weighted by atomic mass is 35.5. The molecule has 0 aliphatic carbocycles. The largest absolute Gasteiger partial charge is 0.481 e. The van der Waals surface area contributed by atoms with Gasteiger partial charge in [0, 0.05) is 32.3 Å². The van der Waals surface area contributed by atoms with Crippen LogP contribution in [0.5, 0.6) is 0 Å². The number of hydrogen-bond acceptors (Lipinski definition) is 3. The Morgan fingerprint density at radius 1 is 1.67 bits per heavy atom. The number of nitrogens with zero attached hydrogens (tertiary/aromatic N) is 2. The maximum atomic E-state index is 10.4. The topological polar surface area (TPSA) is 67.1 Å². The van der Waals surface area contributed by atoms with Gasteiger partial charge in [0.1, 0.15) is 5.82 Å². The molecule has 1 aromatic heterocycles. The highest BCUT2D eigenvalue weighted by Gasteiger charge is 2.13. The molecule has 1 aliphatic rings. The smallest absolute Gasteiger partial charge is 0.303 e. The van der Waals surface area contributed by atoms with Gasteiger partial charge in [-0.3, -0.25) is 4.79 Å². The number of aryl methyl sites for hydroxylation is 1. The van der Waals surface area contributed by atoms with Crippen molar-refractivity contribution in [3.05, 3.63) is 17.7 Å². The molecule has 0 saturated carbocycles. The maximum absolute atomic E-state index is 10.4. The van der Waals surface area contributed by atoms with Gasteiger partial charge < -0.3 is 15.0 Å². The number of aliphatic carboxylic acids is 1. The zero-order valence-corrected chi connectivity index (χ0v) is 9.09. The van der Waals surface area contributed by atoms with Crippen LogP contribution in [0, 0.1) is 0 Å². The minimum atomic E-state index is -0.767. The number of aromatic nitrogens is 2. The molecule has 0 fully saturated rings. The van der Waals surface area contributed by atoms with E-state index in [1.165, 1.54) is 0 Å². The van der Waals surface area contributed by atoms with E-state index < -0.39 is 5.97 Å². The molecule has 0 aromatic carbocycles. The summed E-state index contributed by atoms with van der Waals surface area (Å²) in [5, 5.41) is 11.8. The number of carboxylic acid groups (broad SMARTS) is 1. The average molecular weight is 232 g/mol. The fourth-order valence-corrected chi connectivity index (χ4v) is 1.69. The van der Waals surface area contributed by atoms with Crippen molar-refractivity contribution in [2.45, 2.75) is 25.9 Å². The van der Waals surface area contributed by atoms with Crippen molar-refractivity contribution in [3.8, 4) is 0 Å². The first kappa shape index (κ1) is 12.0. The van der Waals surface area contributed by atoms with E-state index in [0.717, 1.165) is 31.2 Å². The number of imidazole rings is 1. The molecule has 5 nitrogen and oxygen atoms in total. The molecule has 0 spiro atoms. The summed E-state index contributed by atoms with van der Waals surface area (Å²) in [7, 11) is 0. The molecule has 0 bridgehead atoms. The Morgan fingerprint density at radius 2 is 2.47 bits per heavy atom. The van der Waals surface area contributed by atoms with Gasteiger partial charge in [-0.05, 0) is 0 Å². The molecule has 6 heteroatoms. The third-order valence-electron chi connectivity index (χ3n) is 2.40. The minimum Gasteiger partial charge on any atom is -0.481 e. The summed E-state index contributed by atoms with van der Waals surface area (Å²) in [5.41, 5.74) is 1.15. The van der Waals surface area contributed by atoms with Gasteiger partial charge in [-0.2, -0.15) is 0 Å². The van der Waals surface area contributed by atoms with E-state index in [-0.39, 0.29) is 18.8 Å². The van der Waals surface area contributed by atoms with Crippen molar-refractivity contribution in [1.29, 1.82) is 0 Å². The monoisotopic (exact) mass is 231 g/mol. The van der Waals surface area contributed by atoms with Crippen molar-refractivity contribution < 1.29 is 9.90 Å². The fraction of sp³-hybridized carbons (Fsp3) is 0.556. The Balaban J connectivity index is 0.00000112. The second kappa shape index (κ2) is 5.14. The van der Waals surface area contributed by atoms with Gasteiger partial charge in [-0.25, -0.2) is 4.98 Å². The highest BCUT2D eigenvalue weighted by Crippen LogP contribution is 2.10. The molecule has 0 radical (unpaired) electrons. The number of carboxylic acids is 1. The number of halogens is 1. The second-order valence-corrected chi connectivity index (χ2v) is 3.39. The molecule has 1 aromatic rings. The van der Waals surface area contributed by atoms with Gasteiger partial charge in [-0.1, -0.05) is 0 Å². The van der Waals surface area contributed by atoms with Crippen molar-refractivity contribution in [2.24, 2.45) is 0 Å². The average Bonchev–Trinajstić information content (AvgIpc) is 2.58. The summed E-state index contributed by atoms with van der Waals surface area (Å²) in [6.45, 7) is 2.66. The predicted octanol–water partition coefficient (Wildman–Crippen LogP) is 0.425. The summed E-state index contributed by atoms with van der Waals surface area (Å²) < 4.78 is 2.11. The third-order valence-corrected chi connectivity index (χ3v) is 2.40. The van der Waals surface area contributed by atoms with Crippen molar-refractivity contribution >= 4 is 18.4 Å². The van der Waals surface area contributed by atoms with Crippen LogP contribution >= 0.6 is 12.4 Å². The van der Waals surface area contributed by atoms with Gasteiger partial charge in [0.05, 0.1) is 12.1 Å². The van der Waals surface area contributed by atoms with Crippen LogP contribution in [0.4, 0.5) is 0 Å². The molecule has 0 amide bonds. The number of carbonyl (C=O) groups is 1. The Kier molecular flexibility index (Phi) is 4.11. The second-order valence-electron chi connectivity index (χ2n) is 3.39. The van der Waals surface area contributed by atoms with Gasteiger partial charge in [-0.15, -0.1) is 12.4 Å². The maximum Gasteiger partial charge on any atom is 0.303 e. The number of hydrogen-bond donors (Lipinski definition) is 2. The molecule has 15 heavy (non-hydrogen) atoms. The first-order valence-electron chi connectivity index (χ1n) is 4.73. The Labute approximate surface area is 93.9 Å². The first-order valence-corrected chi connectivity index (χ1v) is 4.73. The summed E-state index contributed by atoms with van der Waals surface area (Å²) in [6, 6.07) is 0. The lowest BCUT2D eigenvalue weighted by Gasteiger charge is -2.17. The summed E-state index contributed by atoms with van der Waals surface area (Å²) in [6.07, 6.45) is 2.50.